The Kier molecular flexibility index (Phi) is 8.80. The molecular formula is C20H27NO6. The summed E-state index contributed by atoms with van der Waals surface area (Å²) in [6, 6.07) is 9.10. The van der Waals surface area contributed by atoms with Crippen LogP contribution in [0.4, 0.5) is 10.5 Å². The largest absolute Gasteiger partial charge is 0.481 e. The molecule has 1 fully saturated rings. The Labute approximate surface area is 159 Å². The molecule has 1 aliphatic heterocycles. The van der Waals surface area contributed by atoms with Crippen molar-refractivity contribution < 1.29 is 28.9 Å². The van der Waals surface area contributed by atoms with Crippen LogP contribution in [-0.4, -0.2) is 42.8 Å². The quantitative estimate of drug-likeness (QED) is 0.502. The SMILES string of the molecule is C[C@@H]1OC[C@H](C/C=C\CCCC(=O)O)[C@H](COC(=O)Nc2ccccc2)O1. The van der Waals surface area contributed by atoms with E-state index < -0.39 is 12.1 Å². The van der Waals surface area contributed by atoms with Gasteiger partial charge in [0, 0.05) is 18.0 Å². The zero-order chi connectivity index (χ0) is 19.5. The number of unbranched alkanes of at least 4 members (excludes halogenated alkanes) is 1. The van der Waals surface area contributed by atoms with Crippen LogP contribution in [0.25, 0.3) is 0 Å². The van der Waals surface area contributed by atoms with Crippen LogP contribution in [0.1, 0.15) is 32.6 Å². The molecular weight excluding hydrogens is 350 g/mol. The number of carbonyl (C=O) groups excluding carboxylic acids is 1. The van der Waals surface area contributed by atoms with Crippen molar-refractivity contribution in [3.63, 3.8) is 0 Å². The van der Waals surface area contributed by atoms with E-state index in [1.54, 1.807) is 12.1 Å². The summed E-state index contributed by atoms with van der Waals surface area (Å²) in [4.78, 5) is 22.4. The summed E-state index contributed by atoms with van der Waals surface area (Å²) in [6.45, 7) is 2.48. The van der Waals surface area contributed by atoms with Gasteiger partial charge in [0.1, 0.15) is 12.7 Å². The maximum atomic E-state index is 11.9. The number of rotatable bonds is 9. The van der Waals surface area contributed by atoms with Crippen molar-refractivity contribution in [3.05, 3.63) is 42.5 Å². The summed E-state index contributed by atoms with van der Waals surface area (Å²) in [5.74, 6) is -0.709. The predicted octanol–water partition coefficient (Wildman–Crippen LogP) is 3.81. The van der Waals surface area contributed by atoms with Gasteiger partial charge in [0.15, 0.2) is 6.29 Å². The molecule has 3 atom stereocenters. The minimum absolute atomic E-state index is 0.0708. The number of nitrogens with one attached hydrogen (secondary N) is 1. The second-order valence-corrected chi connectivity index (χ2v) is 6.42. The Morgan fingerprint density at radius 1 is 1.30 bits per heavy atom. The lowest BCUT2D eigenvalue weighted by Crippen LogP contribution is -2.42. The average Bonchev–Trinajstić information content (AvgIpc) is 2.64. The molecule has 7 heteroatoms. The second-order valence-electron chi connectivity index (χ2n) is 6.42. The smallest absolute Gasteiger partial charge is 0.411 e. The number of anilines is 1. The first-order valence-electron chi connectivity index (χ1n) is 9.17. The van der Waals surface area contributed by atoms with Crippen LogP contribution >= 0.6 is 0 Å². The monoisotopic (exact) mass is 377 g/mol. The van der Waals surface area contributed by atoms with Crippen LogP contribution in [0.2, 0.25) is 0 Å². The highest BCUT2D eigenvalue weighted by molar-refractivity contribution is 5.84. The molecule has 1 aliphatic rings. The van der Waals surface area contributed by atoms with E-state index in [9.17, 15) is 9.59 Å². The van der Waals surface area contributed by atoms with E-state index in [-0.39, 0.29) is 31.3 Å². The van der Waals surface area contributed by atoms with E-state index in [4.69, 9.17) is 19.3 Å². The minimum Gasteiger partial charge on any atom is -0.481 e. The maximum absolute atomic E-state index is 11.9. The first-order chi connectivity index (χ1) is 13.0. The number of carboxylic acid groups (broad SMARTS) is 1. The summed E-state index contributed by atoms with van der Waals surface area (Å²) >= 11 is 0. The van der Waals surface area contributed by atoms with Crippen molar-refractivity contribution in [2.24, 2.45) is 5.92 Å². The standard InChI is InChI=1S/C20H27NO6/c1-15-25-13-16(9-5-2-3-8-12-19(22)23)18(27-15)14-26-20(24)21-17-10-6-4-7-11-17/h2,4-7,10-11,15-16,18H,3,8-9,12-14H2,1H3,(H,21,24)(H,22,23)/b5-2-/t15-,16+,18+/m1/s1. The maximum Gasteiger partial charge on any atom is 0.411 e. The Hall–Kier alpha value is -2.38. The van der Waals surface area contributed by atoms with Gasteiger partial charge in [0.05, 0.1) is 6.61 Å². The number of allylic oxidation sites excluding steroid dienone is 2. The van der Waals surface area contributed by atoms with Crippen molar-refractivity contribution >= 4 is 17.7 Å². The number of carboxylic acids is 1. The van der Waals surface area contributed by atoms with Crippen LogP contribution in [0.5, 0.6) is 0 Å². The molecule has 0 unspecified atom stereocenters. The number of hydrogen-bond acceptors (Lipinski definition) is 5. The van der Waals surface area contributed by atoms with Gasteiger partial charge in [0.2, 0.25) is 0 Å². The number of aliphatic carboxylic acids is 1. The van der Waals surface area contributed by atoms with Crippen molar-refractivity contribution in [2.45, 2.75) is 45.0 Å². The highest BCUT2D eigenvalue weighted by Gasteiger charge is 2.30. The first-order valence-corrected chi connectivity index (χ1v) is 9.17. The Bertz CT molecular complexity index is 618. The summed E-state index contributed by atoms with van der Waals surface area (Å²) in [5.41, 5.74) is 0.671. The van der Waals surface area contributed by atoms with Crippen molar-refractivity contribution in [2.75, 3.05) is 18.5 Å². The summed E-state index contributed by atoms with van der Waals surface area (Å²) in [5, 5.41) is 11.3. The minimum atomic E-state index is -0.780. The molecule has 1 aromatic carbocycles. The second kappa shape index (κ2) is 11.4. The fourth-order valence-corrected chi connectivity index (χ4v) is 2.75. The number of para-hydroxylation sites is 1. The van der Waals surface area contributed by atoms with E-state index in [1.807, 2.05) is 37.3 Å². The van der Waals surface area contributed by atoms with Gasteiger partial charge in [0.25, 0.3) is 0 Å². The van der Waals surface area contributed by atoms with Gasteiger partial charge in [-0.1, -0.05) is 30.4 Å². The molecule has 1 aromatic rings. The van der Waals surface area contributed by atoms with Gasteiger partial charge in [-0.15, -0.1) is 0 Å². The van der Waals surface area contributed by atoms with Crippen molar-refractivity contribution in [3.8, 4) is 0 Å². The molecule has 1 heterocycles. The molecule has 1 amide bonds. The van der Waals surface area contributed by atoms with Gasteiger partial charge in [-0.25, -0.2) is 4.79 Å². The number of amides is 1. The Balaban J connectivity index is 1.76. The van der Waals surface area contributed by atoms with E-state index >= 15 is 0 Å². The average molecular weight is 377 g/mol. The molecule has 148 valence electrons. The van der Waals surface area contributed by atoms with E-state index in [0.717, 1.165) is 6.42 Å². The van der Waals surface area contributed by atoms with Crippen LogP contribution in [-0.2, 0) is 19.0 Å². The summed E-state index contributed by atoms with van der Waals surface area (Å²) in [6.07, 6.45) is 5.09. The fraction of sp³-hybridized carbons (Fsp3) is 0.500. The van der Waals surface area contributed by atoms with E-state index in [2.05, 4.69) is 5.32 Å². The third kappa shape index (κ3) is 8.23. The van der Waals surface area contributed by atoms with Crippen LogP contribution in [0, 0.1) is 5.92 Å². The zero-order valence-corrected chi connectivity index (χ0v) is 15.5. The molecule has 0 spiro atoms. The topological polar surface area (TPSA) is 94.1 Å². The van der Waals surface area contributed by atoms with E-state index in [1.165, 1.54) is 0 Å². The number of carbonyl (C=O) groups is 2. The molecule has 2 rings (SSSR count). The third-order valence-corrected chi connectivity index (χ3v) is 4.20. The molecule has 1 saturated heterocycles. The first kappa shape index (κ1) is 20.9. The third-order valence-electron chi connectivity index (χ3n) is 4.20. The molecule has 27 heavy (non-hydrogen) atoms. The number of hydrogen-bond donors (Lipinski definition) is 2. The molecule has 0 bridgehead atoms. The van der Waals surface area contributed by atoms with Gasteiger partial charge < -0.3 is 19.3 Å². The van der Waals surface area contributed by atoms with Crippen LogP contribution in [0.3, 0.4) is 0 Å². The Morgan fingerprint density at radius 3 is 2.81 bits per heavy atom. The molecule has 0 aromatic heterocycles. The lowest BCUT2D eigenvalue weighted by Gasteiger charge is -2.34. The highest BCUT2D eigenvalue weighted by Crippen LogP contribution is 2.23. The lowest BCUT2D eigenvalue weighted by molar-refractivity contribution is -0.233. The summed E-state index contributed by atoms with van der Waals surface area (Å²) < 4.78 is 16.6. The van der Waals surface area contributed by atoms with Gasteiger partial charge >= 0.3 is 12.1 Å². The molecule has 0 radical (unpaired) electrons. The highest BCUT2D eigenvalue weighted by atomic mass is 16.7. The van der Waals surface area contributed by atoms with Gasteiger partial charge in [-0.05, 0) is 38.3 Å². The normalized spacial score (nSPS) is 22.5. The summed E-state index contributed by atoms with van der Waals surface area (Å²) in [7, 11) is 0. The van der Waals surface area contributed by atoms with Gasteiger partial charge in [-0.2, -0.15) is 0 Å². The fourth-order valence-electron chi connectivity index (χ4n) is 2.75. The predicted molar refractivity (Wildman–Crippen MR) is 100 cm³/mol. The molecule has 7 nitrogen and oxygen atoms in total. The lowest BCUT2D eigenvalue weighted by atomic mass is 9.98. The molecule has 0 saturated carbocycles. The van der Waals surface area contributed by atoms with E-state index in [0.29, 0.717) is 25.1 Å². The zero-order valence-electron chi connectivity index (χ0n) is 15.5. The number of ether oxygens (including phenoxy) is 3. The molecule has 2 N–H and O–H groups in total. The Morgan fingerprint density at radius 2 is 2.07 bits per heavy atom. The molecule has 0 aliphatic carbocycles. The van der Waals surface area contributed by atoms with Crippen molar-refractivity contribution in [1.82, 2.24) is 0 Å². The van der Waals surface area contributed by atoms with Crippen LogP contribution in [0.15, 0.2) is 42.5 Å². The number of benzene rings is 1. The van der Waals surface area contributed by atoms with Crippen molar-refractivity contribution in [1.29, 1.82) is 0 Å². The van der Waals surface area contributed by atoms with Crippen LogP contribution < -0.4 is 5.32 Å². The van der Waals surface area contributed by atoms with Gasteiger partial charge in [-0.3, -0.25) is 10.1 Å².